The van der Waals surface area contributed by atoms with Crippen LogP contribution in [0, 0.1) is 0 Å². The van der Waals surface area contributed by atoms with E-state index >= 15 is 0 Å². The zero-order valence-electron chi connectivity index (χ0n) is 13.9. The summed E-state index contributed by atoms with van der Waals surface area (Å²) in [7, 11) is 0. The molecule has 7 heteroatoms. The molecule has 3 rings (SSSR count). The average molecular weight is 369 g/mol. The standard InChI is InChI=1S/C19H17ClN4O2/c20-16-6-4-14(5-7-16)19(26)22-11-2-12-24-18(25)9-8-17(23-24)15-3-1-10-21-13-15/h1,3-10,13H,2,11-12H2,(H,22,26). The highest BCUT2D eigenvalue weighted by atomic mass is 35.5. The first-order valence-electron chi connectivity index (χ1n) is 8.16. The van der Waals surface area contributed by atoms with Crippen LogP contribution in [0.2, 0.25) is 5.02 Å². The van der Waals surface area contributed by atoms with Gasteiger partial charge in [-0.05, 0) is 48.9 Å². The van der Waals surface area contributed by atoms with Crippen LogP contribution in [-0.4, -0.2) is 27.2 Å². The maximum Gasteiger partial charge on any atom is 0.266 e. The number of benzene rings is 1. The summed E-state index contributed by atoms with van der Waals surface area (Å²) >= 11 is 5.81. The number of hydrogen-bond donors (Lipinski definition) is 1. The van der Waals surface area contributed by atoms with E-state index in [0.29, 0.717) is 35.8 Å². The Hall–Kier alpha value is -2.99. The van der Waals surface area contributed by atoms with Crippen molar-refractivity contribution in [3.8, 4) is 11.3 Å². The molecule has 1 amide bonds. The molecule has 3 aromatic rings. The van der Waals surface area contributed by atoms with Crippen molar-refractivity contribution in [2.24, 2.45) is 0 Å². The highest BCUT2D eigenvalue weighted by Crippen LogP contribution is 2.12. The summed E-state index contributed by atoms with van der Waals surface area (Å²) in [5.41, 5.74) is 1.89. The minimum Gasteiger partial charge on any atom is -0.352 e. The number of rotatable bonds is 6. The minimum atomic E-state index is -0.179. The molecule has 0 aliphatic carbocycles. The van der Waals surface area contributed by atoms with Gasteiger partial charge in [0.1, 0.15) is 0 Å². The van der Waals surface area contributed by atoms with E-state index in [9.17, 15) is 9.59 Å². The fourth-order valence-electron chi connectivity index (χ4n) is 2.41. The molecule has 2 heterocycles. The van der Waals surface area contributed by atoms with Crippen molar-refractivity contribution in [2.45, 2.75) is 13.0 Å². The number of nitrogens with one attached hydrogen (secondary N) is 1. The molecule has 1 N–H and O–H groups in total. The second kappa shape index (κ2) is 8.40. The van der Waals surface area contributed by atoms with Crippen LogP contribution in [0.3, 0.4) is 0 Å². The van der Waals surface area contributed by atoms with Gasteiger partial charge in [0.2, 0.25) is 0 Å². The van der Waals surface area contributed by atoms with Crippen molar-refractivity contribution in [3.63, 3.8) is 0 Å². The van der Waals surface area contributed by atoms with E-state index in [-0.39, 0.29) is 11.5 Å². The third-order valence-corrected chi connectivity index (χ3v) is 4.01. The molecule has 0 aliphatic heterocycles. The van der Waals surface area contributed by atoms with Gasteiger partial charge in [-0.2, -0.15) is 5.10 Å². The van der Waals surface area contributed by atoms with Crippen molar-refractivity contribution in [2.75, 3.05) is 6.54 Å². The van der Waals surface area contributed by atoms with Crippen LogP contribution in [-0.2, 0) is 6.54 Å². The van der Waals surface area contributed by atoms with Gasteiger partial charge in [0, 0.05) is 47.7 Å². The Balaban J connectivity index is 1.57. The minimum absolute atomic E-state index is 0.175. The largest absolute Gasteiger partial charge is 0.352 e. The molecule has 6 nitrogen and oxygen atoms in total. The first-order valence-corrected chi connectivity index (χ1v) is 8.53. The normalized spacial score (nSPS) is 10.5. The van der Waals surface area contributed by atoms with Crippen LogP contribution in [0.25, 0.3) is 11.3 Å². The molecule has 0 bridgehead atoms. The van der Waals surface area contributed by atoms with E-state index in [1.54, 1.807) is 42.7 Å². The first kappa shape index (κ1) is 17.8. The summed E-state index contributed by atoms with van der Waals surface area (Å²) in [4.78, 5) is 28.1. The molecular formula is C19H17ClN4O2. The van der Waals surface area contributed by atoms with Crippen molar-refractivity contribution in [3.05, 3.63) is 81.9 Å². The molecule has 0 saturated carbocycles. The number of carbonyl (C=O) groups excluding carboxylic acids is 1. The van der Waals surface area contributed by atoms with Gasteiger partial charge in [0.25, 0.3) is 11.5 Å². The van der Waals surface area contributed by atoms with E-state index < -0.39 is 0 Å². The van der Waals surface area contributed by atoms with Gasteiger partial charge in [-0.25, -0.2) is 4.68 Å². The van der Waals surface area contributed by atoms with E-state index in [2.05, 4.69) is 15.4 Å². The molecule has 0 spiro atoms. The SMILES string of the molecule is O=C(NCCCn1nc(-c2cccnc2)ccc1=O)c1ccc(Cl)cc1. The first-order chi connectivity index (χ1) is 12.6. The number of halogens is 1. The van der Waals surface area contributed by atoms with Crippen LogP contribution in [0.4, 0.5) is 0 Å². The summed E-state index contributed by atoms with van der Waals surface area (Å²) in [6, 6.07) is 13.5. The topological polar surface area (TPSA) is 76.9 Å². The lowest BCUT2D eigenvalue weighted by Gasteiger charge is -2.08. The molecule has 26 heavy (non-hydrogen) atoms. The summed E-state index contributed by atoms with van der Waals surface area (Å²) in [5.74, 6) is -0.175. The molecule has 132 valence electrons. The van der Waals surface area contributed by atoms with Gasteiger partial charge in [-0.15, -0.1) is 0 Å². The fourth-order valence-corrected chi connectivity index (χ4v) is 2.54. The van der Waals surface area contributed by atoms with E-state index in [1.165, 1.54) is 10.7 Å². The quantitative estimate of drug-likeness (QED) is 0.679. The number of aromatic nitrogens is 3. The van der Waals surface area contributed by atoms with Gasteiger partial charge in [0.15, 0.2) is 0 Å². The predicted octanol–water partition coefficient (Wildman–Crippen LogP) is 2.78. The third kappa shape index (κ3) is 4.55. The Labute approximate surface area is 155 Å². The molecule has 2 aromatic heterocycles. The van der Waals surface area contributed by atoms with Crippen LogP contribution >= 0.6 is 11.6 Å². The number of hydrogen-bond acceptors (Lipinski definition) is 4. The number of pyridine rings is 1. The van der Waals surface area contributed by atoms with Gasteiger partial charge >= 0.3 is 0 Å². The molecular weight excluding hydrogens is 352 g/mol. The molecule has 0 radical (unpaired) electrons. The highest BCUT2D eigenvalue weighted by Gasteiger charge is 2.06. The van der Waals surface area contributed by atoms with E-state index in [4.69, 9.17) is 11.6 Å². The Morgan fingerprint density at radius 3 is 2.65 bits per heavy atom. The van der Waals surface area contributed by atoms with E-state index in [1.807, 2.05) is 12.1 Å². The Morgan fingerprint density at radius 2 is 1.92 bits per heavy atom. The highest BCUT2D eigenvalue weighted by molar-refractivity contribution is 6.30. The van der Waals surface area contributed by atoms with Crippen molar-refractivity contribution in [1.29, 1.82) is 0 Å². The second-order valence-electron chi connectivity index (χ2n) is 5.64. The van der Waals surface area contributed by atoms with Gasteiger partial charge in [-0.3, -0.25) is 14.6 Å². The summed E-state index contributed by atoms with van der Waals surface area (Å²) in [6.07, 6.45) is 3.97. The molecule has 1 aromatic carbocycles. The average Bonchev–Trinajstić information content (AvgIpc) is 2.67. The summed E-state index contributed by atoms with van der Waals surface area (Å²) in [5, 5.41) is 7.77. The van der Waals surface area contributed by atoms with Crippen LogP contribution in [0.5, 0.6) is 0 Å². The predicted molar refractivity (Wildman–Crippen MR) is 100 cm³/mol. The van der Waals surface area contributed by atoms with Crippen LogP contribution < -0.4 is 10.9 Å². The van der Waals surface area contributed by atoms with Crippen molar-refractivity contribution in [1.82, 2.24) is 20.1 Å². The molecule has 0 fully saturated rings. The van der Waals surface area contributed by atoms with E-state index in [0.717, 1.165) is 5.56 Å². The summed E-state index contributed by atoms with van der Waals surface area (Å²) in [6.45, 7) is 0.848. The van der Waals surface area contributed by atoms with Gasteiger partial charge in [0.05, 0.1) is 5.69 Å². The second-order valence-corrected chi connectivity index (χ2v) is 6.07. The lowest BCUT2D eigenvalue weighted by atomic mass is 10.2. The smallest absolute Gasteiger partial charge is 0.266 e. The zero-order chi connectivity index (χ0) is 18.4. The van der Waals surface area contributed by atoms with Crippen molar-refractivity contribution >= 4 is 17.5 Å². The lowest BCUT2D eigenvalue weighted by molar-refractivity contribution is 0.0952. The molecule has 0 atom stereocenters. The van der Waals surface area contributed by atoms with Crippen molar-refractivity contribution < 1.29 is 4.79 Å². The third-order valence-electron chi connectivity index (χ3n) is 3.76. The number of carbonyl (C=O) groups is 1. The van der Waals surface area contributed by atoms with Crippen LogP contribution in [0.15, 0.2) is 65.7 Å². The zero-order valence-corrected chi connectivity index (χ0v) is 14.7. The van der Waals surface area contributed by atoms with Gasteiger partial charge < -0.3 is 5.32 Å². The lowest BCUT2D eigenvalue weighted by Crippen LogP contribution is -2.28. The Morgan fingerprint density at radius 1 is 1.12 bits per heavy atom. The maximum atomic E-state index is 12.0. The molecule has 0 aliphatic rings. The molecule has 0 unspecified atom stereocenters. The number of amides is 1. The number of nitrogens with zero attached hydrogens (tertiary/aromatic N) is 3. The van der Waals surface area contributed by atoms with Crippen LogP contribution in [0.1, 0.15) is 16.8 Å². The maximum absolute atomic E-state index is 12.0. The van der Waals surface area contributed by atoms with Gasteiger partial charge in [-0.1, -0.05) is 11.6 Å². The Bertz CT molecular complexity index is 940. The monoisotopic (exact) mass is 368 g/mol. The summed E-state index contributed by atoms with van der Waals surface area (Å²) < 4.78 is 1.40. The molecule has 0 saturated heterocycles. The fraction of sp³-hybridized carbons (Fsp3) is 0.158. The Kier molecular flexibility index (Phi) is 5.76. The number of aryl methyl sites for hydroxylation is 1.